The Morgan fingerprint density at radius 1 is 0.967 bits per heavy atom. The molecule has 2 aromatic rings. The average Bonchev–Trinajstić information content (AvgIpc) is 3.27. The van der Waals surface area contributed by atoms with Gasteiger partial charge in [-0.25, -0.2) is 4.39 Å². The van der Waals surface area contributed by atoms with Crippen LogP contribution in [-0.4, -0.2) is 37.0 Å². The third-order valence-corrected chi connectivity index (χ3v) is 6.52. The molecule has 1 aliphatic heterocycles. The molecule has 160 valence electrons. The Morgan fingerprint density at radius 2 is 1.67 bits per heavy atom. The summed E-state index contributed by atoms with van der Waals surface area (Å²) in [5.41, 5.74) is 0.443. The quantitative estimate of drug-likeness (QED) is 0.687. The first-order valence-corrected chi connectivity index (χ1v) is 11.2. The van der Waals surface area contributed by atoms with Gasteiger partial charge in [0.2, 0.25) is 5.91 Å². The highest BCUT2D eigenvalue weighted by Gasteiger charge is 2.44. The first-order chi connectivity index (χ1) is 14.7. The zero-order valence-electron chi connectivity index (χ0n) is 17.5. The van der Waals surface area contributed by atoms with Gasteiger partial charge in [0.25, 0.3) is 0 Å². The fraction of sp³-hybridized carbons (Fsp3) is 0.480. The summed E-state index contributed by atoms with van der Waals surface area (Å²) < 4.78 is 20.4. The van der Waals surface area contributed by atoms with E-state index in [1.165, 1.54) is 25.3 Å². The van der Waals surface area contributed by atoms with Crippen molar-refractivity contribution in [3.63, 3.8) is 0 Å². The van der Waals surface area contributed by atoms with Gasteiger partial charge in [-0.2, -0.15) is 0 Å². The number of nitrogens with one attached hydrogen (secondary N) is 1. The van der Waals surface area contributed by atoms with Crippen LogP contribution in [0.15, 0.2) is 48.5 Å². The first kappa shape index (κ1) is 20.9. The number of halogens is 1. The predicted molar refractivity (Wildman–Crippen MR) is 117 cm³/mol. The molecule has 2 fully saturated rings. The number of hydrogen-bond acceptors (Lipinski definition) is 3. The van der Waals surface area contributed by atoms with Crippen molar-refractivity contribution in [2.24, 2.45) is 0 Å². The van der Waals surface area contributed by atoms with Crippen LogP contribution >= 0.6 is 0 Å². The first-order valence-electron chi connectivity index (χ1n) is 11.2. The van der Waals surface area contributed by atoms with E-state index in [2.05, 4.69) is 10.2 Å². The Morgan fingerprint density at radius 3 is 2.37 bits per heavy atom. The van der Waals surface area contributed by atoms with E-state index in [4.69, 9.17) is 4.74 Å². The smallest absolute Gasteiger partial charge is 0.235 e. The van der Waals surface area contributed by atoms with Crippen LogP contribution in [0, 0.1) is 5.82 Å². The van der Waals surface area contributed by atoms with Gasteiger partial charge in [-0.15, -0.1) is 0 Å². The normalized spacial score (nSPS) is 18.8. The lowest BCUT2D eigenvalue weighted by Gasteiger charge is -2.28. The van der Waals surface area contributed by atoms with Crippen molar-refractivity contribution >= 4 is 11.6 Å². The molecule has 0 spiro atoms. The molecule has 0 aromatic heterocycles. The van der Waals surface area contributed by atoms with Gasteiger partial charge >= 0.3 is 0 Å². The van der Waals surface area contributed by atoms with Crippen molar-refractivity contribution in [1.82, 2.24) is 4.90 Å². The highest BCUT2D eigenvalue weighted by Crippen LogP contribution is 2.43. The number of nitrogens with zero attached hydrogens (tertiary/aromatic N) is 1. The molecule has 0 radical (unpaired) electrons. The number of benzene rings is 2. The molecule has 2 aromatic carbocycles. The van der Waals surface area contributed by atoms with Crippen LogP contribution in [0.1, 0.15) is 50.5 Å². The van der Waals surface area contributed by atoms with Crippen molar-refractivity contribution in [2.75, 3.05) is 31.6 Å². The van der Waals surface area contributed by atoms with Crippen molar-refractivity contribution in [1.29, 1.82) is 0 Å². The molecule has 4 nitrogen and oxygen atoms in total. The third kappa shape index (κ3) is 4.67. The lowest BCUT2D eigenvalue weighted by Crippen LogP contribution is -2.38. The standard InChI is InChI=1S/C25H31FN2O2/c26-23-9-3-2-8-22(23)25(14-4-5-15-25)24(29)27-20-10-12-21(13-11-20)30-19-18-28-16-6-1-7-17-28/h2-3,8-13H,1,4-7,14-19H2,(H,27,29). The maximum Gasteiger partial charge on any atom is 0.235 e. The SMILES string of the molecule is O=C(Nc1ccc(OCCN2CCCCC2)cc1)C1(c2ccccc2F)CCCC1. The van der Waals surface area contributed by atoms with E-state index in [9.17, 15) is 9.18 Å². The largest absolute Gasteiger partial charge is 0.492 e. The summed E-state index contributed by atoms with van der Waals surface area (Å²) in [6, 6.07) is 14.2. The summed E-state index contributed by atoms with van der Waals surface area (Å²) in [5, 5.41) is 3.02. The Labute approximate surface area is 178 Å². The van der Waals surface area contributed by atoms with E-state index in [-0.39, 0.29) is 11.7 Å². The van der Waals surface area contributed by atoms with Gasteiger partial charge in [-0.05, 0) is 69.1 Å². The molecule has 4 rings (SSSR count). The van der Waals surface area contributed by atoms with E-state index < -0.39 is 5.41 Å². The lowest BCUT2D eigenvalue weighted by atomic mass is 9.77. The van der Waals surface area contributed by atoms with Crippen LogP contribution in [0.4, 0.5) is 10.1 Å². The molecular weight excluding hydrogens is 379 g/mol. The van der Waals surface area contributed by atoms with Crippen molar-refractivity contribution < 1.29 is 13.9 Å². The van der Waals surface area contributed by atoms with Crippen molar-refractivity contribution in [3.8, 4) is 5.75 Å². The summed E-state index contributed by atoms with van der Waals surface area (Å²) >= 11 is 0. The van der Waals surface area contributed by atoms with Crippen molar-refractivity contribution in [3.05, 3.63) is 59.9 Å². The molecule has 1 heterocycles. The molecule has 0 atom stereocenters. The highest BCUT2D eigenvalue weighted by atomic mass is 19.1. The average molecular weight is 411 g/mol. The predicted octanol–water partition coefficient (Wildman–Crippen LogP) is 5.14. The molecule has 0 unspecified atom stereocenters. The minimum Gasteiger partial charge on any atom is -0.492 e. The van der Waals surface area contributed by atoms with Gasteiger partial charge in [0.05, 0.1) is 5.41 Å². The number of hydrogen-bond donors (Lipinski definition) is 1. The fourth-order valence-electron chi connectivity index (χ4n) is 4.81. The number of ether oxygens (including phenoxy) is 1. The van der Waals surface area contributed by atoms with Gasteiger partial charge < -0.3 is 10.1 Å². The summed E-state index contributed by atoms with van der Waals surface area (Å²) in [5.74, 6) is 0.380. The zero-order chi connectivity index (χ0) is 20.8. The number of rotatable bonds is 7. The topological polar surface area (TPSA) is 41.6 Å². The number of amides is 1. The van der Waals surface area contributed by atoms with Crippen LogP contribution in [-0.2, 0) is 10.2 Å². The Hall–Kier alpha value is -2.40. The van der Waals surface area contributed by atoms with E-state index in [1.807, 2.05) is 30.3 Å². The van der Waals surface area contributed by atoms with Crippen LogP contribution in [0.5, 0.6) is 5.75 Å². The van der Waals surface area contributed by atoms with Gasteiger partial charge in [0.15, 0.2) is 0 Å². The Balaban J connectivity index is 1.36. The molecule has 1 saturated carbocycles. The zero-order valence-corrected chi connectivity index (χ0v) is 17.5. The van der Waals surface area contributed by atoms with E-state index in [0.29, 0.717) is 30.7 Å². The maximum atomic E-state index is 14.5. The molecule has 5 heteroatoms. The minimum absolute atomic E-state index is 0.121. The highest BCUT2D eigenvalue weighted by molar-refractivity contribution is 5.99. The molecule has 1 N–H and O–H groups in total. The molecule has 30 heavy (non-hydrogen) atoms. The van der Waals surface area contributed by atoms with Gasteiger partial charge in [0, 0.05) is 17.8 Å². The van der Waals surface area contributed by atoms with Crippen molar-refractivity contribution in [2.45, 2.75) is 50.4 Å². The van der Waals surface area contributed by atoms with Crippen LogP contribution < -0.4 is 10.1 Å². The summed E-state index contributed by atoms with van der Waals surface area (Å²) in [4.78, 5) is 15.7. The van der Waals surface area contributed by atoms with Crippen LogP contribution in [0.3, 0.4) is 0 Å². The summed E-state index contributed by atoms with van der Waals surface area (Å²) in [6.07, 6.45) is 7.13. The summed E-state index contributed by atoms with van der Waals surface area (Å²) in [6.45, 7) is 3.95. The third-order valence-electron chi connectivity index (χ3n) is 6.52. The van der Waals surface area contributed by atoms with Crippen LogP contribution in [0.25, 0.3) is 0 Å². The van der Waals surface area contributed by atoms with E-state index in [0.717, 1.165) is 38.2 Å². The van der Waals surface area contributed by atoms with E-state index >= 15 is 0 Å². The molecule has 1 saturated heterocycles. The Kier molecular flexibility index (Phi) is 6.68. The number of carbonyl (C=O) groups is 1. The fourth-order valence-corrected chi connectivity index (χ4v) is 4.81. The monoisotopic (exact) mass is 410 g/mol. The second-order valence-electron chi connectivity index (χ2n) is 8.50. The number of likely N-dealkylation sites (tertiary alicyclic amines) is 1. The number of carbonyl (C=O) groups excluding carboxylic acids is 1. The minimum atomic E-state index is -0.783. The van der Waals surface area contributed by atoms with Crippen LogP contribution in [0.2, 0.25) is 0 Å². The second-order valence-corrected chi connectivity index (χ2v) is 8.50. The molecule has 1 amide bonds. The molecule has 0 bridgehead atoms. The van der Waals surface area contributed by atoms with E-state index in [1.54, 1.807) is 12.1 Å². The maximum absolute atomic E-state index is 14.5. The van der Waals surface area contributed by atoms with Gasteiger partial charge in [-0.1, -0.05) is 37.5 Å². The molecular formula is C25H31FN2O2. The molecule has 1 aliphatic carbocycles. The van der Waals surface area contributed by atoms with Gasteiger partial charge in [0.1, 0.15) is 18.2 Å². The van der Waals surface area contributed by atoms with Gasteiger partial charge in [-0.3, -0.25) is 9.69 Å². The molecule has 2 aliphatic rings. The number of anilines is 1. The Bertz CT molecular complexity index is 840. The lowest BCUT2D eigenvalue weighted by molar-refractivity contribution is -0.121. The number of piperidine rings is 1. The second kappa shape index (κ2) is 9.61. The summed E-state index contributed by atoms with van der Waals surface area (Å²) in [7, 11) is 0.